The number of aromatic nitrogens is 3. The molecule has 4 heterocycles. The summed E-state index contributed by atoms with van der Waals surface area (Å²) < 4.78 is 27.2. The third-order valence-electron chi connectivity index (χ3n) is 10.7. The second-order valence-electron chi connectivity index (χ2n) is 18.0. The van der Waals surface area contributed by atoms with Gasteiger partial charge >= 0.3 is 12.2 Å². The quantitative estimate of drug-likeness (QED) is 0.219. The van der Waals surface area contributed by atoms with E-state index >= 15 is 0 Å². The van der Waals surface area contributed by atoms with E-state index in [0.717, 1.165) is 22.1 Å². The number of fused-ring (bicyclic) bond motifs is 2. The van der Waals surface area contributed by atoms with Crippen molar-refractivity contribution in [1.29, 1.82) is 0 Å². The summed E-state index contributed by atoms with van der Waals surface area (Å²) in [4.78, 5) is 53.8. The van der Waals surface area contributed by atoms with Gasteiger partial charge in [-0.1, -0.05) is 36.4 Å². The van der Waals surface area contributed by atoms with Crippen LogP contribution in [0.5, 0.6) is 0 Å². The minimum atomic E-state index is -0.850. The molecule has 4 atom stereocenters. The van der Waals surface area contributed by atoms with E-state index in [1.54, 1.807) is 16.7 Å². The Hall–Kier alpha value is -4.69. The molecule has 14 heteroatoms. The molecule has 1 saturated heterocycles. The van der Waals surface area contributed by atoms with E-state index in [1.165, 1.54) is 6.33 Å². The summed E-state index contributed by atoms with van der Waals surface area (Å²) in [5.74, 6) is -0.535. The number of benzene rings is 1. The molecule has 2 N–H and O–H groups in total. The van der Waals surface area contributed by atoms with Crippen molar-refractivity contribution < 1.29 is 33.3 Å². The third kappa shape index (κ3) is 10.3. The number of ether oxygens (including phenoxy) is 4. The molecule has 2 aromatic heterocycles. The largest absolute Gasteiger partial charge is 0.444 e. The normalized spacial score (nSPS) is 21.9. The van der Waals surface area contributed by atoms with Crippen LogP contribution in [0.25, 0.3) is 16.6 Å². The van der Waals surface area contributed by atoms with Crippen LogP contribution in [-0.2, 0) is 30.2 Å². The molecule has 0 spiro atoms. The number of nitrogens with zero attached hydrogens (tertiary/aromatic N) is 6. The first-order valence-corrected chi connectivity index (χ1v) is 20.2. The second-order valence-corrected chi connectivity index (χ2v) is 18.0. The van der Waals surface area contributed by atoms with Crippen LogP contribution in [-0.4, -0.2) is 116 Å². The van der Waals surface area contributed by atoms with Gasteiger partial charge in [-0.15, -0.1) is 0 Å². The van der Waals surface area contributed by atoms with Gasteiger partial charge in [-0.25, -0.2) is 19.6 Å². The van der Waals surface area contributed by atoms with Gasteiger partial charge in [-0.05, 0) is 92.2 Å². The van der Waals surface area contributed by atoms with E-state index < -0.39 is 23.1 Å². The smallest absolute Gasteiger partial charge is 0.410 e. The van der Waals surface area contributed by atoms with Crippen molar-refractivity contribution in [2.24, 2.45) is 5.92 Å². The number of nitrogens with two attached hydrogens (primary N) is 1. The summed E-state index contributed by atoms with van der Waals surface area (Å²) in [6, 6.07) is 9.86. The van der Waals surface area contributed by atoms with Crippen LogP contribution in [0.3, 0.4) is 0 Å². The highest BCUT2D eigenvalue weighted by molar-refractivity contribution is 5.98. The molecule has 0 bridgehead atoms. The van der Waals surface area contributed by atoms with E-state index in [9.17, 15) is 14.4 Å². The van der Waals surface area contributed by atoms with Crippen LogP contribution in [0, 0.1) is 5.92 Å². The molecule has 1 aliphatic carbocycles. The van der Waals surface area contributed by atoms with Gasteiger partial charge in [0.2, 0.25) is 5.91 Å². The Kier molecular flexibility index (Phi) is 12.3. The molecule has 2 fully saturated rings. The summed E-state index contributed by atoms with van der Waals surface area (Å²) in [5.41, 5.74) is 9.05. The first-order chi connectivity index (χ1) is 26.8. The van der Waals surface area contributed by atoms with E-state index in [-0.39, 0.29) is 36.2 Å². The van der Waals surface area contributed by atoms with E-state index in [2.05, 4.69) is 21.8 Å². The fourth-order valence-corrected chi connectivity index (χ4v) is 8.16. The lowest BCUT2D eigenvalue weighted by Crippen LogP contribution is -2.44. The van der Waals surface area contributed by atoms with Crippen molar-refractivity contribution in [1.82, 2.24) is 29.2 Å². The predicted molar refractivity (Wildman–Crippen MR) is 218 cm³/mol. The van der Waals surface area contributed by atoms with Crippen LogP contribution in [0.15, 0.2) is 48.9 Å². The molecule has 1 aromatic carbocycles. The fourth-order valence-electron chi connectivity index (χ4n) is 8.16. The van der Waals surface area contributed by atoms with Crippen molar-refractivity contribution in [3.8, 4) is 0 Å². The predicted octanol–water partition coefficient (Wildman–Crippen LogP) is 6.84. The van der Waals surface area contributed by atoms with Crippen molar-refractivity contribution in [2.75, 3.05) is 45.0 Å². The summed E-state index contributed by atoms with van der Waals surface area (Å²) >= 11 is 0. The SMILES string of the molecule is CC(=O)N1CC=C(c2cn([C@@H]3C[C@H](CN(CCCN(CCc4ccccc4)C(=O)OC(C)(C)C)C(=O)OC(C)(C)C)[C@H]4OC(C)(C)O[C@H]43)c3ncnc(N)c23)CC1. The zero-order valence-electron chi connectivity index (χ0n) is 35.1. The summed E-state index contributed by atoms with van der Waals surface area (Å²) in [6.45, 7) is 19.3. The zero-order chi connectivity index (χ0) is 41.3. The molecule has 57 heavy (non-hydrogen) atoms. The van der Waals surface area contributed by atoms with Crippen LogP contribution < -0.4 is 5.73 Å². The Morgan fingerprint density at radius 2 is 1.58 bits per heavy atom. The van der Waals surface area contributed by atoms with Crippen LogP contribution in [0.4, 0.5) is 15.4 Å². The van der Waals surface area contributed by atoms with Crippen molar-refractivity contribution in [2.45, 2.75) is 123 Å². The van der Waals surface area contributed by atoms with E-state index in [4.69, 9.17) is 29.7 Å². The van der Waals surface area contributed by atoms with Crippen molar-refractivity contribution in [3.63, 3.8) is 0 Å². The monoisotopic (exact) mass is 787 g/mol. The molecule has 3 aromatic rings. The highest BCUT2D eigenvalue weighted by Gasteiger charge is 2.55. The number of rotatable bonds is 11. The average Bonchev–Trinajstić information content (AvgIpc) is 3.77. The fraction of sp³-hybridized carbons (Fsp3) is 0.605. The van der Waals surface area contributed by atoms with Gasteiger partial charge in [0.15, 0.2) is 5.79 Å². The maximum absolute atomic E-state index is 13.9. The Balaban J connectivity index is 1.25. The Morgan fingerprint density at radius 3 is 2.21 bits per heavy atom. The van der Waals surface area contributed by atoms with Gasteiger partial charge in [-0.2, -0.15) is 0 Å². The zero-order valence-corrected chi connectivity index (χ0v) is 35.1. The summed E-state index contributed by atoms with van der Waals surface area (Å²) in [7, 11) is 0. The maximum Gasteiger partial charge on any atom is 0.410 e. The molecule has 1 saturated carbocycles. The molecule has 3 aliphatic rings. The molecular weight excluding hydrogens is 727 g/mol. The lowest BCUT2D eigenvalue weighted by molar-refractivity contribution is -0.160. The topological polar surface area (TPSA) is 155 Å². The minimum Gasteiger partial charge on any atom is -0.444 e. The lowest BCUT2D eigenvalue weighted by Gasteiger charge is -2.32. The van der Waals surface area contributed by atoms with Gasteiger partial charge in [0.1, 0.15) is 35.1 Å². The number of carbonyl (C=O) groups is 3. The first-order valence-electron chi connectivity index (χ1n) is 20.2. The molecular formula is C43H61N7O7. The van der Waals surface area contributed by atoms with Crippen LogP contribution >= 0.6 is 0 Å². The standard InChI is InChI=1S/C43H61N7O7/c1-28(51)47-22-17-30(18-23-47)32-26-50(38-34(32)37(44)45-27-46-38)33-24-31(35-36(33)55-43(8,9)54-35)25-49(40(53)57-42(5,6)7)20-13-19-48(39(52)56-41(2,3)4)21-16-29-14-11-10-12-15-29/h10-12,14-15,17,26-27,31,33,35-36H,13,16,18-25H2,1-9H3,(H2,44,45,46)/t31-,33-,35-,36+/m1/s1. The Bertz CT molecular complexity index is 1950. The van der Waals surface area contributed by atoms with E-state index in [0.29, 0.717) is 76.4 Å². The summed E-state index contributed by atoms with van der Waals surface area (Å²) in [5, 5.41) is 0.774. The second kappa shape index (κ2) is 16.7. The molecule has 3 amide bonds. The Morgan fingerprint density at radius 1 is 0.930 bits per heavy atom. The molecule has 6 rings (SSSR count). The minimum absolute atomic E-state index is 0.0449. The molecule has 0 radical (unpaired) electrons. The van der Waals surface area contributed by atoms with Gasteiger partial charge in [0.25, 0.3) is 0 Å². The number of amides is 3. The van der Waals surface area contributed by atoms with Crippen molar-refractivity contribution in [3.05, 3.63) is 60.1 Å². The highest BCUT2D eigenvalue weighted by atomic mass is 16.8. The number of hydrogen-bond donors (Lipinski definition) is 1. The van der Waals surface area contributed by atoms with Gasteiger partial charge in [-0.3, -0.25) is 4.79 Å². The molecule has 14 nitrogen and oxygen atoms in total. The van der Waals surface area contributed by atoms with Gasteiger partial charge < -0.3 is 43.9 Å². The van der Waals surface area contributed by atoms with Gasteiger partial charge in [0.05, 0.1) is 17.5 Å². The lowest BCUT2D eigenvalue weighted by atomic mass is 9.99. The Labute approximate surface area is 336 Å². The number of hydrogen-bond acceptors (Lipinski definition) is 10. The van der Waals surface area contributed by atoms with Gasteiger partial charge in [0, 0.05) is 63.9 Å². The maximum atomic E-state index is 13.9. The summed E-state index contributed by atoms with van der Waals surface area (Å²) in [6.07, 6.45) is 6.70. The average molecular weight is 788 g/mol. The number of anilines is 1. The highest BCUT2D eigenvalue weighted by Crippen LogP contribution is 2.49. The number of nitrogen functional groups attached to an aromatic ring is 1. The molecule has 310 valence electrons. The van der Waals surface area contributed by atoms with Crippen molar-refractivity contribution >= 4 is 40.5 Å². The number of carbonyl (C=O) groups excluding carboxylic acids is 3. The first kappa shape index (κ1) is 41.9. The van der Waals surface area contributed by atoms with E-state index in [1.807, 2.05) is 90.6 Å². The molecule has 0 unspecified atom stereocenters. The third-order valence-corrected chi connectivity index (χ3v) is 10.7. The van der Waals surface area contributed by atoms with Crippen LogP contribution in [0.2, 0.25) is 0 Å². The van der Waals surface area contributed by atoms with Crippen LogP contribution in [0.1, 0.15) is 98.7 Å². The molecule has 2 aliphatic heterocycles.